The Balaban J connectivity index is 1.88. The van der Waals surface area contributed by atoms with Gasteiger partial charge in [-0.25, -0.2) is 4.39 Å². The molecular weight excluding hydrogens is 259 g/mol. The molecule has 20 heavy (non-hydrogen) atoms. The summed E-state index contributed by atoms with van der Waals surface area (Å²) in [6, 6.07) is 6.32. The van der Waals surface area contributed by atoms with Crippen LogP contribution in [0.5, 0.6) is 0 Å². The Kier molecular flexibility index (Phi) is 4.73. The highest BCUT2D eigenvalue weighted by Crippen LogP contribution is 2.19. The standard InChI is InChI=1S/C15H21FN2O2/c1-11(12-2-4-13(16)5-3-12)10-18-14(19)15(17)6-8-20-9-7-15/h2-5,11H,6-10,17H2,1H3,(H,18,19). The highest BCUT2D eigenvalue weighted by atomic mass is 19.1. The molecule has 0 saturated carbocycles. The van der Waals surface area contributed by atoms with Gasteiger partial charge in [-0.15, -0.1) is 0 Å². The van der Waals surface area contributed by atoms with Crippen molar-refractivity contribution in [2.45, 2.75) is 31.2 Å². The van der Waals surface area contributed by atoms with Crippen LogP contribution in [0.1, 0.15) is 31.2 Å². The first-order valence-corrected chi connectivity index (χ1v) is 6.92. The van der Waals surface area contributed by atoms with Crippen LogP contribution in [0.25, 0.3) is 0 Å². The second-order valence-electron chi connectivity index (χ2n) is 5.43. The van der Waals surface area contributed by atoms with Gasteiger partial charge in [-0.2, -0.15) is 0 Å². The number of ether oxygens (including phenoxy) is 1. The molecule has 110 valence electrons. The fourth-order valence-corrected chi connectivity index (χ4v) is 2.29. The summed E-state index contributed by atoms with van der Waals surface area (Å²) in [5.74, 6) is -0.272. The molecule has 1 aliphatic heterocycles. The number of carbonyl (C=O) groups excluding carboxylic acids is 1. The third kappa shape index (κ3) is 3.55. The van der Waals surface area contributed by atoms with Crippen molar-refractivity contribution < 1.29 is 13.9 Å². The third-order valence-electron chi connectivity index (χ3n) is 3.85. The van der Waals surface area contributed by atoms with Crippen LogP contribution in [0.4, 0.5) is 4.39 Å². The first-order valence-electron chi connectivity index (χ1n) is 6.92. The maximum atomic E-state index is 12.9. The Hall–Kier alpha value is -1.46. The van der Waals surface area contributed by atoms with Crippen molar-refractivity contribution in [3.05, 3.63) is 35.6 Å². The highest BCUT2D eigenvalue weighted by Gasteiger charge is 2.35. The Morgan fingerprint density at radius 3 is 2.60 bits per heavy atom. The van der Waals surface area contributed by atoms with Crippen molar-refractivity contribution in [2.75, 3.05) is 19.8 Å². The van der Waals surface area contributed by atoms with Crippen LogP contribution >= 0.6 is 0 Å². The molecule has 1 aromatic rings. The molecule has 0 aromatic heterocycles. The Labute approximate surface area is 118 Å². The molecule has 4 nitrogen and oxygen atoms in total. The number of hydrogen-bond acceptors (Lipinski definition) is 3. The van der Waals surface area contributed by atoms with Crippen LogP contribution in [0.2, 0.25) is 0 Å². The van der Waals surface area contributed by atoms with Gasteiger partial charge in [0.05, 0.1) is 5.54 Å². The van der Waals surface area contributed by atoms with Crippen molar-refractivity contribution in [2.24, 2.45) is 5.73 Å². The van der Waals surface area contributed by atoms with E-state index in [9.17, 15) is 9.18 Å². The zero-order chi connectivity index (χ0) is 14.6. The van der Waals surface area contributed by atoms with Crippen molar-refractivity contribution >= 4 is 5.91 Å². The van der Waals surface area contributed by atoms with Gasteiger partial charge in [0.25, 0.3) is 0 Å². The van der Waals surface area contributed by atoms with E-state index in [1.165, 1.54) is 12.1 Å². The minimum absolute atomic E-state index is 0.114. The van der Waals surface area contributed by atoms with Crippen LogP contribution in [0.3, 0.4) is 0 Å². The Morgan fingerprint density at radius 2 is 2.00 bits per heavy atom. The highest BCUT2D eigenvalue weighted by molar-refractivity contribution is 5.86. The number of halogens is 1. The number of nitrogens with two attached hydrogens (primary N) is 1. The normalized spacial score (nSPS) is 19.4. The van der Waals surface area contributed by atoms with Gasteiger partial charge < -0.3 is 15.8 Å². The number of amides is 1. The lowest BCUT2D eigenvalue weighted by atomic mass is 9.90. The molecule has 2 rings (SSSR count). The van der Waals surface area contributed by atoms with E-state index in [0.717, 1.165) is 5.56 Å². The zero-order valence-corrected chi connectivity index (χ0v) is 11.7. The minimum atomic E-state index is -0.819. The molecule has 3 N–H and O–H groups in total. The third-order valence-corrected chi connectivity index (χ3v) is 3.85. The molecule has 0 spiro atoms. The largest absolute Gasteiger partial charge is 0.381 e. The van der Waals surface area contributed by atoms with Gasteiger partial charge >= 0.3 is 0 Å². The zero-order valence-electron chi connectivity index (χ0n) is 11.7. The van der Waals surface area contributed by atoms with Gasteiger partial charge in [0.1, 0.15) is 5.82 Å². The number of rotatable bonds is 4. The predicted molar refractivity (Wildman–Crippen MR) is 74.8 cm³/mol. The fraction of sp³-hybridized carbons (Fsp3) is 0.533. The molecule has 1 aromatic carbocycles. The van der Waals surface area contributed by atoms with Crippen molar-refractivity contribution in [1.82, 2.24) is 5.32 Å². The lowest BCUT2D eigenvalue weighted by molar-refractivity contribution is -0.129. The summed E-state index contributed by atoms with van der Waals surface area (Å²) in [6.07, 6.45) is 1.09. The molecule has 1 aliphatic rings. The number of carbonyl (C=O) groups is 1. The molecule has 1 amide bonds. The molecule has 0 aliphatic carbocycles. The maximum Gasteiger partial charge on any atom is 0.240 e. The van der Waals surface area contributed by atoms with E-state index in [4.69, 9.17) is 10.5 Å². The summed E-state index contributed by atoms with van der Waals surface area (Å²) < 4.78 is 18.1. The molecule has 0 radical (unpaired) electrons. The number of nitrogens with one attached hydrogen (secondary N) is 1. The first kappa shape index (κ1) is 14.9. The van der Waals surface area contributed by atoms with E-state index in [1.54, 1.807) is 12.1 Å². The fourth-order valence-electron chi connectivity index (χ4n) is 2.29. The second kappa shape index (κ2) is 6.33. The van der Waals surface area contributed by atoms with Gasteiger partial charge in [-0.3, -0.25) is 4.79 Å². The van der Waals surface area contributed by atoms with Gasteiger partial charge in [-0.1, -0.05) is 19.1 Å². The van der Waals surface area contributed by atoms with E-state index in [0.29, 0.717) is 32.6 Å². The van der Waals surface area contributed by atoms with Crippen LogP contribution in [0, 0.1) is 5.82 Å². The van der Waals surface area contributed by atoms with Gasteiger partial charge in [0.15, 0.2) is 0 Å². The Morgan fingerprint density at radius 1 is 1.40 bits per heavy atom. The van der Waals surface area contributed by atoms with Crippen molar-refractivity contribution in [3.63, 3.8) is 0 Å². The summed E-state index contributed by atoms with van der Waals surface area (Å²) in [6.45, 7) is 3.53. The van der Waals surface area contributed by atoms with Gasteiger partial charge in [0, 0.05) is 19.8 Å². The predicted octanol–water partition coefficient (Wildman–Crippen LogP) is 1.55. The summed E-state index contributed by atoms with van der Waals surface area (Å²) in [4.78, 5) is 12.2. The quantitative estimate of drug-likeness (QED) is 0.879. The van der Waals surface area contributed by atoms with E-state index in [-0.39, 0.29) is 17.6 Å². The summed E-state index contributed by atoms with van der Waals surface area (Å²) in [5.41, 5.74) is 6.28. The first-order chi connectivity index (χ1) is 9.51. The average molecular weight is 280 g/mol. The lowest BCUT2D eigenvalue weighted by Crippen LogP contribution is -2.57. The molecular formula is C15H21FN2O2. The summed E-state index contributed by atoms with van der Waals surface area (Å²) >= 11 is 0. The van der Waals surface area contributed by atoms with E-state index in [1.807, 2.05) is 6.92 Å². The number of hydrogen-bond donors (Lipinski definition) is 2. The number of benzene rings is 1. The lowest BCUT2D eigenvalue weighted by Gasteiger charge is -2.32. The van der Waals surface area contributed by atoms with E-state index < -0.39 is 5.54 Å². The minimum Gasteiger partial charge on any atom is -0.381 e. The second-order valence-corrected chi connectivity index (χ2v) is 5.43. The van der Waals surface area contributed by atoms with Gasteiger partial charge in [0.2, 0.25) is 5.91 Å². The maximum absolute atomic E-state index is 12.9. The molecule has 1 heterocycles. The molecule has 1 unspecified atom stereocenters. The van der Waals surface area contributed by atoms with Crippen LogP contribution in [-0.2, 0) is 9.53 Å². The monoisotopic (exact) mass is 280 g/mol. The van der Waals surface area contributed by atoms with Crippen LogP contribution in [0.15, 0.2) is 24.3 Å². The van der Waals surface area contributed by atoms with E-state index >= 15 is 0 Å². The average Bonchev–Trinajstić information content (AvgIpc) is 2.46. The van der Waals surface area contributed by atoms with Gasteiger partial charge in [-0.05, 0) is 36.5 Å². The van der Waals surface area contributed by atoms with Crippen molar-refractivity contribution in [3.8, 4) is 0 Å². The van der Waals surface area contributed by atoms with Crippen LogP contribution < -0.4 is 11.1 Å². The topological polar surface area (TPSA) is 64.4 Å². The molecule has 5 heteroatoms. The molecule has 1 fully saturated rings. The van der Waals surface area contributed by atoms with Crippen molar-refractivity contribution in [1.29, 1.82) is 0 Å². The molecule has 1 saturated heterocycles. The van der Waals surface area contributed by atoms with E-state index in [2.05, 4.69) is 5.32 Å². The smallest absolute Gasteiger partial charge is 0.240 e. The summed E-state index contributed by atoms with van der Waals surface area (Å²) in [7, 11) is 0. The SMILES string of the molecule is CC(CNC(=O)C1(N)CCOCC1)c1ccc(F)cc1. The molecule has 0 bridgehead atoms. The summed E-state index contributed by atoms with van der Waals surface area (Å²) in [5, 5.41) is 2.89. The Bertz CT molecular complexity index is 455. The van der Waals surface area contributed by atoms with Crippen LogP contribution in [-0.4, -0.2) is 31.2 Å². The molecule has 1 atom stereocenters.